The number of carboxylic acid groups (broad SMARTS) is 1. The van der Waals surface area contributed by atoms with Gasteiger partial charge in [-0.3, -0.25) is 0 Å². The minimum Gasteiger partial charge on any atom is -0.496 e. The van der Waals surface area contributed by atoms with Crippen molar-refractivity contribution in [1.82, 2.24) is 0 Å². The second-order valence-electron chi connectivity index (χ2n) is 3.52. The molecule has 1 aromatic rings. The number of rotatable bonds is 6. The molecule has 0 radical (unpaired) electrons. The van der Waals surface area contributed by atoms with Crippen molar-refractivity contribution in [1.29, 1.82) is 0 Å². The molecule has 1 N–H and O–H groups in total. The normalized spacial score (nSPS) is 10.1. The number of carbonyl (C=O) groups is 1. The van der Waals surface area contributed by atoms with Crippen molar-refractivity contribution in [3.63, 3.8) is 0 Å². The number of carboxylic acids is 1. The van der Waals surface area contributed by atoms with Crippen LogP contribution in [0.1, 0.15) is 11.1 Å². The van der Waals surface area contributed by atoms with Gasteiger partial charge in [-0.2, -0.15) is 0 Å². The summed E-state index contributed by atoms with van der Waals surface area (Å²) in [5.74, 6) is 0.386. The summed E-state index contributed by atoms with van der Waals surface area (Å²) in [6, 6.07) is 3.62. The number of benzene rings is 1. The molecule has 0 aromatic heterocycles. The first-order valence-electron chi connectivity index (χ1n) is 5.09. The largest absolute Gasteiger partial charge is 0.496 e. The zero-order valence-electron chi connectivity index (χ0n) is 10.1. The van der Waals surface area contributed by atoms with E-state index in [9.17, 15) is 4.79 Å². The molecule has 1 rings (SSSR count). The van der Waals surface area contributed by atoms with E-state index in [2.05, 4.69) is 0 Å². The summed E-state index contributed by atoms with van der Waals surface area (Å²) in [4.78, 5) is 10.3. The van der Waals surface area contributed by atoms with E-state index in [1.54, 1.807) is 20.3 Å². The summed E-state index contributed by atoms with van der Waals surface area (Å²) in [7, 11) is 3.14. The highest BCUT2D eigenvalue weighted by Gasteiger charge is 2.09. The topological polar surface area (TPSA) is 65.0 Å². The van der Waals surface area contributed by atoms with Crippen molar-refractivity contribution in [2.75, 3.05) is 20.8 Å². The number of ether oxygens (including phenoxy) is 3. The lowest BCUT2D eigenvalue weighted by atomic mass is 10.1. The van der Waals surface area contributed by atoms with Crippen LogP contribution in [0.3, 0.4) is 0 Å². The van der Waals surface area contributed by atoms with Crippen molar-refractivity contribution < 1.29 is 24.1 Å². The van der Waals surface area contributed by atoms with Crippen LogP contribution in [0, 0.1) is 6.92 Å². The molecule has 0 heterocycles. The lowest BCUT2D eigenvalue weighted by Gasteiger charge is -2.12. The van der Waals surface area contributed by atoms with Crippen LogP contribution in [-0.4, -0.2) is 31.9 Å². The Hall–Kier alpha value is -1.75. The first-order chi connectivity index (χ1) is 8.08. The van der Waals surface area contributed by atoms with E-state index in [4.69, 9.17) is 19.3 Å². The van der Waals surface area contributed by atoms with Gasteiger partial charge in [-0.05, 0) is 24.6 Å². The molecule has 0 saturated heterocycles. The van der Waals surface area contributed by atoms with Gasteiger partial charge >= 0.3 is 5.97 Å². The van der Waals surface area contributed by atoms with E-state index in [0.717, 1.165) is 16.9 Å². The van der Waals surface area contributed by atoms with Crippen LogP contribution in [0.25, 0.3) is 0 Å². The molecule has 0 bridgehead atoms. The highest BCUT2D eigenvalue weighted by Crippen LogP contribution is 2.28. The minimum atomic E-state index is -0.997. The molecule has 94 valence electrons. The molecule has 0 unspecified atom stereocenters. The molecule has 0 spiro atoms. The van der Waals surface area contributed by atoms with Gasteiger partial charge < -0.3 is 19.3 Å². The van der Waals surface area contributed by atoms with Gasteiger partial charge in [0.15, 0.2) is 0 Å². The smallest absolute Gasteiger partial charge is 0.329 e. The van der Waals surface area contributed by atoms with Crippen LogP contribution in [0.2, 0.25) is 0 Å². The summed E-state index contributed by atoms with van der Waals surface area (Å²) in [6.45, 7) is 1.74. The van der Waals surface area contributed by atoms with Crippen molar-refractivity contribution >= 4 is 5.97 Å². The monoisotopic (exact) mass is 240 g/mol. The van der Waals surface area contributed by atoms with Gasteiger partial charge in [-0.1, -0.05) is 0 Å². The second-order valence-corrected chi connectivity index (χ2v) is 3.52. The Balaban J connectivity index is 2.84. The molecule has 1 aromatic carbocycles. The molecule has 0 aliphatic rings. The Morgan fingerprint density at radius 1 is 1.24 bits per heavy atom. The van der Waals surface area contributed by atoms with Crippen molar-refractivity contribution in [2.45, 2.75) is 13.5 Å². The Labute approximate surface area is 99.9 Å². The number of methoxy groups -OCH3 is 2. The maximum atomic E-state index is 10.3. The number of aryl methyl sites for hydroxylation is 1. The summed E-state index contributed by atoms with van der Waals surface area (Å²) in [5.41, 5.74) is 1.71. The number of hydrogen-bond donors (Lipinski definition) is 1. The highest BCUT2D eigenvalue weighted by molar-refractivity contribution is 5.68. The fourth-order valence-corrected chi connectivity index (χ4v) is 1.47. The Bertz CT molecular complexity index is 400. The van der Waals surface area contributed by atoms with Gasteiger partial charge in [-0.25, -0.2) is 4.79 Å². The van der Waals surface area contributed by atoms with Crippen LogP contribution >= 0.6 is 0 Å². The van der Waals surface area contributed by atoms with Crippen molar-refractivity contribution in [2.24, 2.45) is 0 Å². The Morgan fingerprint density at radius 3 is 2.41 bits per heavy atom. The molecule has 0 aliphatic carbocycles. The summed E-state index contributed by atoms with van der Waals surface area (Å²) in [5, 5.41) is 8.48. The second kappa shape index (κ2) is 6.10. The zero-order chi connectivity index (χ0) is 12.8. The quantitative estimate of drug-likeness (QED) is 0.818. The fraction of sp³-hybridized carbons (Fsp3) is 0.417. The summed E-state index contributed by atoms with van der Waals surface area (Å²) >= 11 is 0. The van der Waals surface area contributed by atoms with Crippen LogP contribution < -0.4 is 9.47 Å². The van der Waals surface area contributed by atoms with Crippen LogP contribution in [0.15, 0.2) is 12.1 Å². The summed E-state index contributed by atoms with van der Waals surface area (Å²) in [6.07, 6.45) is 0. The molecule has 0 amide bonds. The molecule has 0 saturated carbocycles. The predicted molar refractivity (Wildman–Crippen MR) is 61.6 cm³/mol. The van der Waals surface area contributed by atoms with Gasteiger partial charge in [0.1, 0.15) is 18.1 Å². The van der Waals surface area contributed by atoms with E-state index in [0.29, 0.717) is 5.75 Å². The minimum absolute atomic E-state index is 0.173. The third-order valence-electron chi connectivity index (χ3n) is 2.28. The van der Waals surface area contributed by atoms with E-state index < -0.39 is 5.97 Å². The maximum Gasteiger partial charge on any atom is 0.329 e. The maximum absolute atomic E-state index is 10.3. The molecule has 5 heteroatoms. The third kappa shape index (κ3) is 3.64. The summed E-state index contributed by atoms with van der Waals surface area (Å²) < 4.78 is 15.4. The van der Waals surface area contributed by atoms with E-state index >= 15 is 0 Å². The fourth-order valence-electron chi connectivity index (χ4n) is 1.47. The zero-order valence-corrected chi connectivity index (χ0v) is 10.1. The number of hydrogen-bond acceptors (Lipinski definition) is 4. The average molecular weight is 240 g/mol. The lowest BCUT2D eigenvalue weighted by molar-refractivity contribution is -0.142. The van der Waals surface area contributed by atoms with Gasteiger partial charge in [-0.15, -0.1) is 0 Å². The molecular formula is C12H16O5. The predicted octanol–water partition coefficient (Wildman–Crippen LogP) is 1.61. The molecular weight excluding hydrogens is 224 g/mol. The van der Waals surface area contributed by atoms with E-state index in [-0.39, 0.29) is 13.2 Å². The van der Waals surface area contributed by atoms with Crippen LogP contribution in [0.4, 0.5) is 0 Å². The Morgan fingerprint density at radius 2 is 1.88 bits per heavy atom. The molecule has 0 atom stereocenters. The average Bonchev–Trinajstić information content (AvgIpc) is 2.30. The van der Waals surface area contributed by atoms with Crippen molar-refractivity contribution in [3.05, 3.63) is 23.3 Å². The van der Waals surface area contributed by atoms with Crippen molar-refractivity contribution in [3.8, 4) is 11.5 Å². The molecule has 0 fully saturated rings. The van der Waals surface area contributed by atoms with Crippen LogP contribution in [0.5, 0.6) is 11.5 Å². The standard InChI is InChI=1S/C12H16O5/c1-8-4-11(16-3)9(5-10(8)15-2)6-17-7-12(13)14/h4-5H,6-7H2,1-3H3,(H,13,14). The van der Waals surface area contributed by atoms with Gasteiger partial charge in [0, 0.05) is 5.56 Å². The number of aliphatic carboxylic acids is 1. The molecule has 5 nitrogen and oxygen atoms in total. The van der Waals surface area contributed by atoms with Crippen LogP contribution in [-0.2, 0) is 16.1 Å². The molecule has 17 heavy (non-hydrogen) atoms. The highest BCUT2D eigenvalue weighted by atomic mass is 16.5. The lowest BCUT2D eigenvalue weighted by Crippen LogP contribution is -2.07. The van der Waals surface area contributed by atoms with E-state index in [1.165, 1.54) is 0 Å². The Kier molecular flexibility index (Phi) is 4.78. The third-order valence-corrected chi connectivity index (χ3v) is 2.28. The van der Waals surface area contributed by atoms with E-state index in [1.807, 2.05) is 13.0 Å². The molecule has 0 aliphatic heterocycles. The van der Waals surface area contributed by atoms with Gasteiger partial charge in [0.25, 0.3) is 0 Å². The first-order valence-corrected chi connectivity index (χ1v) is 5.09. The SMILES string of the molecule is COc1cc(COCC(=O)O)c(OC)cc1C. The first kappa shape index (κ1) is 13.3. The van der Waals surface area contributed by atoms with Gasteiger partial charge in [0.2, 0.25) is 0 Å². The van der Waals surface area contributed by atoms with Gasteiger partial charge in [0.05, 0.1) is 20.8 Å².